The maximum absolute atomic E-state index is 13.4. The zero-order valence-corrected chi connectivity index (χ0v) is 18.6. The molecule has 1 rings (SSSR count). The van der Waals surface area contributed by atoms with Crippen molar-refractivity contribution in [3.63, 3.8) is 0 Å². The van der Waals surface area contributed by atoms with E-state index in [0.717, 1.165) is 12.8 Å². The average Bonchev–Trinajstić information content (AvgIpc) is 2.84. The summed E-state index contributed by atoms with van der Waals surface area (Å²) in [5.41, 5.74) is 0. The number of hydrogen-bond donors (Lipinski definition) is 1. The zero-order chi connectivity index (χ0) is 19.5. The van der Waals surface area contributed by atoms with Gasteiger partial charge in [-0.05, 0) is 40.5 Å². The summed E-state index contributed by atoms with van der Waals surface area (Å²) in [6.45, 7) is 8.01. The second-order valence-corrected chi connectivity index (χ2v) is 11.2. The highest BCUT2D eigenvalue weighted by atomic mass is 31.2. The molecule has 9 heteroatoms. The van der Waals surface area contributed by atoms with Crippen LogP contribution < -0.4 is 5.32 Å². The number of nitrogens with one attached hydrogen (secondary N) is 1. The Kier molecular flexibility index (Phi) is 11.8. The van der Waals surface area contributed by atoms with Gasteiger partial charge < -0.3 is 23.4 Å². The normalized spacial score (nSPS) is 17.6. The van der Waals surface area contributed by atoms with E-state index in [4.69, 9.17) is 18.1 Å². The van der Waals surface area contributed by atoms with E-state index in [1.165, 1.54) is 25.7 Å². The van der Waals surface area contributed by atoms with Crippen molar-refractivity contribution in [2.24, 2.45) is 0 Å². The molecule has 1 saturated carbocycles. The van der Waals surface area contributed by atoms with E-state index in [0.29, 0.717) is 6.04 Å². The summed E-state index contributed by atoms with van der Waals surface area (Å²) in [6.07, 6.45) is 6.96. The molecular weight excluding hydrogens is 376 g/mol. The van der Waals surface area contributed by atoms with E-state index in [-0.39, 0.29) is 33.0 Å². The van der Waals surface area contributed by atoms with E-state index in [1.54, 1.807) is 27.7 Å². The Bertz CT molecular complexity index is 418. The third kappa shape index (κ3) is 7.35. The molecule has 7 nitrogen and oxygen atoms in total. The summed E-state index contributed by atoms with van der Waals surface area (Å²) in [4.78, 5) is 0. The Hall–Kier alpha value is 0.260. The molecule has 1 aliphatic rings. The molecule has 26 heavy (non-hydrogen) atoms. The second-order valence-electron chi connectivity index (χ2n) is 6.33. The third-order valence-corrected chi connectivity index (χ3v) is 10.4. The van der Waals surface area contributed by atoms with Crippen LogP contribution in [0, 0.1) is 0 Å². The summed E-state index contributed by atoms with van der Waals surface area (Å²) in [5.74, 6) is 0. The van der Waals surface area contributed by atoms with Crippen LogP contribution in [0.5, 0.6) is 0 Å². The Morgan fingerprint density at radius 2 is 1.15 bits per heavy atom. The monoisotopic (exact) mass is 413 g/mol. The van der Waals surface area contributed by atoms with Crippen LogP contribution in [0.2, 0.25) is 0 Å². The van der Waals surface area contributed by atoms with Gasteiger partial charge in [0.1, 0.15) is 0 Å². The lowest BCUT2D eigenvalue weighted by Gasteiger charge is -2.32. The average molecular weight is 413 g/mol. The molecule has 0 aromatic rings. The highest BCUT2D eigenvalue weighted by molar-refractivity contribution is 7.72. The van der Waals surface area contributed by atoms with Crippen LogP contribution in [0.15, 0.2) is 0 Å². The van der Waals surface area contributed by atoms with Gasteiger partial charge in [0.15, 0.2) is 5.40 Å². The molecule has 0 unspecified atom stereocenters. The molecule has 0 bridgehead atoms. The summed E-state index contributed by atoms with van der Waals surface area (Å²) < 4.78 is 48.9. The molecule has 1 aliphatic carbocycles. The third-order valence-electron chi connectivity index (χ3n) is 4.41. The molecule has 0 spiro atoms. The lowest BCUT2D eigenvalue weighted by Crippen LogP contribution is -2.36. The van der Waals surface area contributed by atoms with Gasteiger partial charge >= 0.3 is 15.2 Å². The van der Waals surface area contributed by atoms with Crippen molar-refractivity contribution >= 4 is 15.2 Å². The molecule has 0 heterocycles. The minimum Gasteiger partial charge on any atom is -0.312 e. The van der Waals surface area contributed by atoms with Crippen molar-refractivity contribution in [3.05, 3.63) is 0 Å². The van der Waals surface area contributed by atoms with Gasteiger partial charge in [-0.3, -0.25) is 9.13 Å². The highest BCUT2D eigenvalue weighted by Crippen LogP contribution is 2.70. The van der Waals surface area contributed by atoms with Crippen LogP contribution in [0.1, 0.15) is 66.2 Å². The molecule has 0 atom stereocenters. The van der Waals surface area contributed by atoms with E-state index in [1.807, 2.05) is 0 Å². The van der Waals surface area contributed by atoms with Gasteiger partial charge in [0.2, 0.25) is 0 Å². The fraction of sp³-hybridized carbons (Fsp3) is 1.00. The first-order valence-electron chi connectivity index (χ1n) is 9.96. The van der Waals surface area contributed by atoms with Crippen molar-refractivity contribution in [1.82, 2.24) is 5.32 Å². The summed E-state index contributed by atoms with van der Waals surface area (Å²) in [7, 11) is -7.33. The summed E-state index contributed by atoms with van der Waals surface area (Å²) in [5, 5.41) is 2.47. The minimum atomic E-state index is -3.66. The number of hydrogen-bond acceptors (Lipinski definition) is 7. The predicted octanol–water partition coefficient (Wildman–Crippen LogP) is 5.16. The fourth-order valence-electron chi connectivity index (χ4n) is 3.29. The second kappa shape index (κ2) is 12.7. The molecular formula is C17H37NO6P2. The van der Waals surface area contributed by atoms with Crippen LogP contribution in [-0.2, 0) is 27.2 Å². The maximum atomic E-state index is 13.4. The van der Waals surface area contributed by atoms with Crippen molar-refractivity contribution in [1.29, 1.82) is 0 Å². The molecule has 0 amide bonds. The Morgan fingerprint density at radius 3 is 1.50 bits per heavy atom. The molecule has 0 aromatic heterocycles. The first-order chi connectivity index (χ1) is 12.5. The van der Waals surface area contributed by atoms with E-state index >= 15 is 0 Å². The molecule has 0 aliphatic heterocycles. The molecule has 0 radical (unpaired) electrons. The first kappa shape index (κ1) is 24.3. The van der Waals surface area contributed by atoms with E-state index in [9.17, 15) is 9.13 Å². The van der Waals surface area contributed by atoms with Gasteiger partial charge in [-0.2, -0.15) is 0 Å². The van der Waals surface area contributed by atoms with Crippen LogP contribution in [0.25, 0.3) is 0 Å². The summed E-state index contributed by atoms with van der Waals surface area (Å²) in [6, 6.07) is 0.313. The van der Waals surface area contributed by atoms with Gasteiger partial charge in [-0.1, -0.05) is 25.7 Å². The van der Waals surface area contributed by atoms with Gasteiger partial charge in [0, 0.05) is 12.6 Å². The molecule has 0 saturated heterocycles. The Labute approximate surface area is 159 Å². The smallest absolute Gasteiger partial charge is 0.312 e. The van der Waals surface area contributed by atoms with Gasteiger partial charge in [-0.25, -0.2) is 0 Å². The van der Waals surface area contributed by atoms with E-state index in [2.05, 4.69) is 5.32 Å². The predicted molar refractivity (Wildman–Crippen MR) is 105 cm³/mol. The lowest BCUT2D eigenvalue weighted by atomic mass is 10.1. The molecule has 1 fully saturated rings. The van der Waals surface area contributed by atoms with Crippen molar-refractivity contribution in [3.8, 4) is 0 Å². The number of rotatable bonds is 13. The minimum absolute atomic E-state index is 0.204. The quantitative estimate of drug-likeness (QED) is 0.330. The first-order valence-corrected chi connectivity index (χ1v) is 13.2. The molecule has 1 N–H and O–H groups in total. The largest absolute Gasteiger partial charge is 0.347 e. The van der Waals surface area contributed by atoms with Gasteiger partial charge in [0.05, 0.1) is 26.4 Å². The van der Waals surface area contributed by atoms with Crippen LogP contribution >= 0.6 is 15.2 Å². The maximum Gasteiger partial charge on any atom is 0.347 e. The standard InChI is InChI=1S/C17H37NO6P2/c1-5-21-25(19,22-6-2)17(26(20,23-7-3)24-8-4)15-18-16-13-11-9-10-12-14-16/h16-18H,5-15H2,1-4H3. The topological polar surface area (TPSA) is 83.1 Å². The molecule has 156 valence electrons. The Balaban J connectivity index is 3.05. The van der Waals surface area contributed by atoms with E-state index < -0.39 is 20.6 Å². The highest BCUT2D eigenvalue weighted by Gasteiger charge is 2.50. The fourth-order valence-corrected chi connectivity index (χ4v) is 8.41. The van der Waals surface area contributed by atoms with Crippen molar-refractivity contribution in [2.75, 3.05) is 33.0 Å². The van der Waals surface area contributed by atoms with Gasteiger partial charge in [0.25, 0.3) is 0 Å². The Morgan fingerprint density at radius 1 is 0.769 bits per heavy atom. The van der Waals surface area contributed by atoms with Gasteiger partial charge in [-0.15, -0.1) is 0 Å². The van der Waals surface area contributed by atoms with Crippen molar-refractivity contribution in [2.45, 2.75) is 77.7 Å². The zero-order valence-electron chi connectivity index (χ0n) is 16.8. The van der Waals surface area contributed by atoms with Crippen LogP contribution in [0.3, 0.4) is 0 Å². The van der Waals surface area contributed by atoms with Crippen molar-refractivity contribution < 1.29 is 27.2 Å². The lowest BCUT2D eigenvalue weighted by molar-refractivity contribution is 0.193. The summed E-state index contributed by atoms with van der Waals surface area (Å²) >= 11 is 0. The molecule has 0 aromatic carbocycles. The SMILES string of the molecule is CCOP(=O)(OCC)C(CNC1CCCCCC1)P(=O)(OCC)OCC. The van der Waals surface area contributed by atoms with Crippen LogP contribution in [-0.4, -0.2) is 44.4 Å². The van der Waals surface area contributed by atoms with Crippen LogP contribution in [0.4, 0.5) is 0 Å².